The van der Waals surface area contributed by atoms with Crippen LogP contribution in [0.5, 0.6) is 0 Å². The van der Waals surface area contributed by atoms with Crippen LogP contribution in [-0.4, -0.2) is 19.2 Å². The summed E-state index contributed by atoms with van der Waals surface area (Å²) >= 11 is 1.29. The third-order valence-electron chi connectivity index (χ3n) is 3.46. The van der Waals surface area contributed by atoms with E-state index in [1.807, 2.05) is 0 Å². The molecule has 0 aliphatic carbocycles. The number of sulfonamides is 1. The minimum Gasteiger partial charge on any atom is -0.321 e. The van der Waals surface area contributed by atoms with Gasteiger partial charge in [0.1, 0.15) is 0 Å². The Morgan fingerprint density at radius 1 is 1.00 bits per heavy atom. The normalized spacial score (nSPS) is 11.0. The minimum absolute atomic E-state index is 0.213. The molecule has 0 atom stereocenters. The zero-order chi connectivity index (χ0) is 19.4. The summed E-state index contributed by atoms with van der Waals surface area (Å²) in [6.45, 7) is 0. The minimum atomic E-state index is -4.02. The lowest BCUT2D eigenvalue weighted by Gasteiger charge is -2.10. The van der Waals surface area contributed by atoms with Crippen molar-refractivity contribution in [2.45, 2.75) is 4.90 Å². The maximum absolute atomic E-state index is 12.5. The second-order valence-electron chi connectivity index (χ2n) is 5.37. The van der Waals surface area contributed by atoms with Crippen molar-refractivity contribution in [3.63, 3.8) is 0 Å². The van der Waals surface area contributed by atoms with E-state index < -0.39 is 14.9 Å². The molecule has 0 fully saturated rings. The predicted molar refractivity (Wildman–Crippen MR) is 103 cm³/mol. The summed E-state index contributed by atoms with van der Waals surface area (Å²) in [6, 6.07) is 14.3. The van der Waals surface area contributed by atoms with Gasteiger partial charge in [0, 0.05) is 17.8 Å². The number of nitro groups is 1. The van der Waals surface area contributed by atoms with Crippen LogP contribution in [0, 0.1) is 10.1 Å². The van der Waals surface area contributed by atoms with Crippen LogP contribution in [0.4, 0.5) is 17.1 Å². The Morgan fingerprint density at radius 2 is 1.74 bits per heavy atom. The molecule has 2 aromatic carbocycles. The molecule has 8 nitrogen and oxygen atoms in total. The first-order chi connectivity index (χ1) is 12.8. The predicted octanol–water partition coefficient (Wildman–Crippen LogP) is 3.71. The summed E-state index contributed by atoms with van der Waals surface area (Å²) < 4.78 is 27.3. The highest BCUT2D eigenvalue weighted by molar-refractivity contribution is 7.92. The van der Waals surface area contributed by atoms with Gasteiger partial charge in [0.25, 0.3) is 21.6 Å². The zero-order valence-electron chi connectivity index (χ0n) is 13.7. The summed E-state index contributed by atoms with van der Waals surface area (Å²) in [5.74, 6) is -0.302. The van der Waals surface area contributed by atoms with Gasteiger partial charge in [-0.1, -0.05) is 18.2 Å². The summed E-state index contributed by atoms with van der Waals surface area (Å²) in [7, 11) is -4.02. The summed E-state index contributed by atoms with van der Waals surface area (Å²) in [6.07, 6.45) is 0. The number of nitrogens with zero attached hydrogens (tertiary/aromatic N) is 1. The maximum Gasteiger partial charge on any atom is 0.270 e. The Kier molecular flexibility index (Phi) is 5.19. The monoisotopic (exact) mass is 403 g/mol. The van der Waals surface area contributed by atoms with Gasteiger partial charge < -0.3 is 5.32 Å². The maximum atomic E-state index is 12.5. The largest absolute Gasteiger partial charge is 0.321 e. The van der Waals surface area contributed by atoms with Gasteiger partial charge in [-0.05, 0) is 35.7 Å². The molecule has 1 heterocycles. The molecule has 138 valence electrons. The second kappa shape index (κ2) is 7.56. The Hall–Kier alpha value is -3.24. The smallest absolute Gasteiger partial charge is 0.270 e. The molecule has 0 saturated heterocycles. The number of rotatable bonds is 6. The molecule has 10 heteroatoms. The van der Waals surface area contributed by atoms with Crippen molar-refractivity contribution in [3.05, 3.63) is 81.0 Å². The van der Waals surface area contributed by atoms with E-state index >= 15 is 0 Å². The quantitative estimate of drug-likeness (QED) is 0.480. The third kappa shape index (κ3) is 4.49. The number of benzene rings is 2. The molecule has 0 spiro atoms. The van der Waals surface area contributed by atoms with Crippen molar-refractivity contribution in [1.82, 2.24) is 0 Å². The van der Waals surface area contributed by atoms with E-state index in [2.05, 4.69) is 10.0 Å². The molecular weight excluding hydrogens is 390 g/mol. The molecule has 3 rings (SSSR count). The number of hydrogen-bond donors (Lipinski definition) is 2. The number of hydrogen-bond acceptors (Lipinski definition) is 6. The average molecular weight is 403 g/mol. The molecule has 1 amide bonds. The number of carbonyl (C=O) groups excluding carboxylic acids is 1. The van der Waals surface area contributed by atoms with E-state index in [4.69, 9.17) is 0 Å². The highest BCUT2D eigenvalue weighted by Gasteiger charge is 2.18. The van der Waals surface area contributed by atoms with E-state index in [-0.39, 0.29) is 22.2 Å². The lowest BCUT2D eigenvalue weighted by atomic mass is 10.3. The number of non-ortho nitro benzene ring substituents is 1. The van der Waals surface area contributed by atoms with Crippen molar-refractivity contribution in [3.8, 4) is 0 Å². The van der Waals surface area contributed by atoms with E-state index in [1.54, 1.807) is 29.6 Å². The van der Waals surface area contributed by atoms with E-state index in [1.165, 1.54) is 41.7 Å². The van der Waals surface area contributed by atoms with Gasteiger partial charge in [0.2, 0.25) is 0 Å². The number of nitro benzene ring substituents is 1. The van der Waals surface area contributed by atoms with Gasteiger partial charge >= 0.3 is 0 Å². The average Bonchev–Trinajstić information content (AvgIpc) is 3.16. The fourth-order valence-corrected chi connectivity index (χ4v) is 3.95. The summed E-state index contributed by atoms with van der Waals surface area (Å²) in [5.41, 5.74) is 0.299. The fourth-order valence-electron chi connectivity index (χ4n) is 2.24. The van der Waals surface area contributed by atoms with E-state index in [0.717, 1.165) is 6.07 Å². The molecule has 0 radical (unpaired) electrons. The molecule has 0 aliphatic rings. The number of anilines is 2. The van der Waals surface area contributed by atoms with Crippen LogP contribution in [0.3, 0.4) is 0 Å². The van der Waals surface area contributed by atoms with Crippen LogP contribution in [0.2, 0.25) is 0 Å². The van der Waals surface area contributed by atoms with Crippen molar-refractivity contribution >= 4 is 44.3 Å². The first kappa shape index (κ1) is 18.5. The highest BCUT2D eigenvalue weighted by atomic mass is 32.2. The molecule has 2 N–H and O–H groups in total. The topological polar surface area (TPSA) is 118 Å². The van der Waals surface area contributed by atoms with Crippen molar-refractivity contribution in [2.24, 2.45) is 0 Å². The van der Waals surface area contributed by atoms with Crippen LogP contribution in [0.1, 0.15) is 9.67 Å². The number of thiophene rings is 1. The lowest BCUT2D eigenvalue weighted by molar-refractivity contribution is -0.385. The lowest BCUT2D eigenvalue weighted by Crippen LogP contribution is -2.14. The SMILES string of the molecule is O=C(Nc1cccc(NS(=O)(=O)c2cccc([N+](=O)[O-])c2)c1)c1cccs1. The Balaban J connectivity index is 1.80. The van der Waals surface area contributed by atoms with Gasteiger partial charge in [-0.25, -0.2) is 8.42 Å². The van der Waals surface area contributed by atoms with Crippen LogP contribution in [0.15, 0.2) is 70.9 Å². The zero-order valence-corrected chi connectivity index (χ0v) is 15.3. The van der Waals surface area contributed by atoms with Crippen LogP contribution in [-0.2, 0) is 10.0 Å². The molecule has 0 bridgehead atoms. The van der Waals surface area contributed by atoms with Crippen molar-refractivity contribution < 1.29 is 18.1 Å². The number of carbonyl (C=O) groups is 1. The molecule has 0 unspecified atom stereocenters. The Labute approximate surface area is 158 Å². The van der Waals surface area contributed by atoms with Crippen LogP contribution in [0.25, 0.3) is 0 Å². The third-order valence-corrected chi connectivity index (χ3v) is 5.70. The summed E-state index contributed by atoms with van der Waals surface area (Å²) in [4.78, 5) is 22.6. The molecule has 0 saturated carbocycles. The van der Waals surface area contributed by atoms with Gasteiger partial charge in [0.05, 0.1) is 20.4 Å². The van der Waals surface area contributed by atoms with E-state index in [9.17, 15) is 23.3 Å². The first-order valence-electron chi connectivity index (χ1n) is 7.57. The molecule has 1 aromatic heterocycles. The standard InChI is InChI=1S/C17H13N3O5S2/c21-17(16-8-3-9-26-16)18-12-4-1-5-13(10-12)19-27(24,25)15-7-2-6-14(11-15)20(22)23/h1-11,19H,(H,18,21). The second-order valence-corrected chi connectivity index (χ2v) is 8.00. The van der Waals surface area contributed by atoms with Crippen molar-refractivity contribution in [2.75, 3.05) is 10.0 Å². The van der Waals surface area contributed by atoms with Crippen LogP contribution >= 0.6 is 11.3 Å². The molecule has 3 aromatic rings. The Bertz CT molecular complexity index is 1100. The van der Waals surface area contributed by atoms with Crippen molar-refractivity contribution in [1.29, 1.82) is 0 Å². The van der Waals surface area contributed by atoms with Gasteiger partial charge in [-0.2, -0.15) is 0 Å². The molecular formula is C17H13N3O5S2. The number of nitrogens with one attached hydrogen (secondary N) is 2. The van der Waals surface area contributed by atoms with Gasteiger partial charge in [0.15, 0.2) is 0 Å². The first-order valence-corrected chi connectivity index (χ1v) is 9.94. The van der Waals surface area contributed by atoms with Gasteiger partial charge in [-0.15, -0.1) is 11.3 Å². The van der Waals surface area contributed by atoms with Gasteiger partial charge in [-0.3, -0.25) is 19.6 Å². The summed E-state index contributed by atoms with van der Waals surface area (Å²) in [5, 5.41) is 15.3. The van der Waals surface area contributed by atoms with Crippen LogP contribution < -0.4 is 10.0 Å². The number of amides is 1. The fraction of sp³-hybridized carbons (Fsp3) is 0. The highest BCUT2D eigenvalue weighted by Crippen LogP contribution is 2.23. The van der Waals surface area contributed by atoms with E-state index in [0.29, 0.717) is 10.6 Å². The Morgan fingerprint density at radius 3 is 2.44 bits per heavy atom. The molecule has 27 heavy (non-hydrogen) atoms. The molecule has 0 aliphatic heterocycles.